The largest absolute Gasteiger partial charge is 0.469 e. The van der Waals surface area contributed by atoms with E-state index in [4.69, 9.17) is 0 Å². The number of carbonyl (C=O) groups is 3. The van der Waals surface area contributed by atoms with Crippen LogP contribution in [0.1, 0.15) is 39.5 Å². The van der Waals surface area contributed by atoms with Crippen molar-refractivity contribution in [3.63, 3.8) is 0 Å². The Hall–Kier alpha value is -1.39. The van der Waals surface area contributed by atoms with Gasteiger partial charge in [0, 0.05) is 18.9 Å². The van der Waals surface area contributed by atoms with Gasteiger partial charge in [-0.05, 0) is 13.3 Å². The van der Waals surface area contributed by atoms with Gasteiger partial charge in [0.15, 0.2) is 0 Å². The molecule has 1 unspecified atom stereocenters. The number of hydrogen-bond donors (Lipinski definition) is 1. The SMILES string of the molecule is CCC(CC(=O)OC)NC(=O)CCC(C)=O. The lowest BCUT2D eigenvalue weighted by molar-refractivity contribution is -0.141. The van der Waals surface area contributed by atoms with Crippen molar-refractivity contribution in [2.24, 2.45) is 0 Å². The standard InChI is InChI=1S/C11H19NO4/c1-4-9(7-11(15)16-3)12-10(14)6-5-8(2)13/h9H,4-7H2,1-3H3,(H,12,14). The van der Waals surface area contributed by atoms with E-state index in [2.05, 4.69) is 10.1 Å². The quantitative estimate of drug-likeness (QED) is 0.656. The number of ether oxygens (including phenoxy) is 1. The summed E-state index contributed by atoms with van der Waals surface area (Å²) in [6.07, 6.45) is 1.23. The van der Waals surface area contributed by atoms with E-state index >= 15 is 0 Å². The van der Waals surface area contributed by atoms with E-state index in [1.165, 1.54) is 14.0 Å². The molecule has 1 N–H and O–H groups in total. The van der Waals surface area contributed by atoms with Crippen LogP contribution in [0.5, 0.6) is 0 Å². The fourth-order valence-corrected chi connectivity index (χ4v) is 1.17. The lowest BCUT2D eigenvalue weighted by Crippen LogP contribution is -2.36. The van der Waals surface area contributed by atoms with Crippen molar-refractivity contribution in [3.05, 3.63) is 0 Å². The molecule has 5 nitrogen and oxygen atoms in total. The van der Waals surface area contributed by atoms with Gasteiger partial charge in [0.1, 0.15) is 5.78 Å². The van der Waals surface area contributed by atoms with Gasteiger partial charge in [0.2, 0.25) is 5.91 Å². The fraction of sp³-hybridized carbons (Fsp3) is 0.727. The van der Waals surface area contributed by atoms with Crippen molar-refractivity contribution in [1.82, 2.24) is 5.32 Å². The summed E-state index contributed by atoms with van der Waals surface area (Å²) in [6.45, 7) is 3.32. The van der Waals surface area contributed by atoms with E-state index in [1.54, 1.807) is 0 Å². The summed E-state index contributed by atoms with van der Waals surface area (Å²) in [7, 11) is 1.31. The van der Waals surface area contributed by atoms with E-state index in [0.717, 1.165) is 0 Å². The molecule has 0 rings (SSSR count). The second kappa shape index (κ2) is 7.84. The Morgan fingerprint density at radius 2 is 1.88 bits per heavy atom. The van der Waals surface area contributed by atoms with E-state index < -0.39 is 0 Å². The number of nitrogens with one attached hydrogen (secondary N) is 1. The highest BCUT2D eigenvalue weighted by molar-refractivity contribution is 5.84. The highest BCUT2D eigenvalue weighted by atomic mass is 16.5. The Kier molecular flexibility index (Phi) is 7.16. The highest BCUT2D eigenvalue weighted by Crippen LogP contribution is 2.01. The molecular weight excluding hydrogens is 210 g/mol. The Morgan fingerprint density at radius 1 is 1.25 bits per heavy atom. The van der Waals surface area contributed by atoms with Crippen LogP contribution < -0.4 is 5.32 Å². The highest BCUT2D eigenvalue weighted by Gasteiger charge is 2.14. The van der Waals surface area contributed by atoms with Gasteiger partial charge in [0.25, 0.3) is 0 Å². The van der Waals surface area contributed by atoms with Crippen LogP contribution in [-0.4, -0.2) is 30.8 Å². The van der Waals surface area contributed by atoms with Gasteiger partial charge < -0.3 is 14.8 Å². The Balaban J connectivity index is 3.96. The molecule has 0 saturated heterocycles. The molecule has 0 aliphatic carbocycles. The molecule has 0 fully saturated rings. The summed E-state index contributed by atoms with van der Waals surface area (Å²) in [5.41, 5.74) is 0. The normalized spacial score (nSPS) is 11.7. The lowest BCUT2D eigenvalue weighted by atomic mass is 10.1. The van der Waals surface area contributed by atoms with Crippen LogP contribution in [0.15, 0.2) is 0 Å². The number of rotatable bonds is 7. The molecule has 0 aromatic carbocycles. The number of amides is 1. The summed E-state index contributed by atoms with van der Waals surface area (Å²) >= 11 is 0. The predicted octanol–water partition coefficient (Wildman–Crippen LogP) is 0.813. The molecule has 0 aromatic heterocycles. The molecule has 92 valence electrons. The molecule has 0 radical (unpaired) electrons. The number of hydrogen-bond acceptors (Lipinski definition) is 4. The number of Topliss-reactive ketones (excluding diaryl/α,β-unsaturated/α-hetero) is 1. The Morgan fingerprint density at radius 3 is 2.31 bits per heavy atom. The van der Waals surface area contributed by atoms with E-state index in [-0.39, 0.29) is 43.0 Å². The van der Waals surface area contributed by atoms with Crippen molar-refractivity contribution >= 4 is 17.7 Å². The zero-order valence-electron chi connectivity index (χ0n) is 10.0. The van der Waals surface area contributed by atoms with Gasteiger partial charge in [-0.3, -0.25) is 9.59 Å². The molecule has 5 heteroatoms. The van der Waals surface area contributed by atoms with Crippen LogP contribution in [0.2, 0.25) is 0 Å². The molecule has 0 heterocycles. The molecule has 0 spiro atoms. The minimum absolute atomic E-state index is 0.0174. The third-order valence-electron chi connectivity index (χ3n) is 2.20. The number of ketones is 1. The topological polar surface area (TPSA) is 72.5 Å². The van der Waals surface area contributed by atoms with Gasteiger partial charge in [0.05, 0.1) is 13.5 Å². The van der Waals surface area contributed by atoms with Crippen LogP contribution in [0.25, 0.3) is 0 Å². The third kappa shape index (κ3) is 6.98. The van der Waals surface area contributed by atoms with Crippen LogP contribution in [0.3, 0.4) is 0 Å². The molecule has 0 aliphatic heterocycles. The summed E-state index contributed by atoms with van der Waals surface area (Å²) in [6, 6.07) is -0.216. The molecule has 0 aliphatic rings. The molecule has 1 atom stereocenters. The van der Waals surface area contributed by atoms with E-state index in [1.807, 2.05) is 6.92 Å². The van der Waals surface area contributed by atoms with Gasteiger partial charge in [-0.2, -0.15) is 0 Å². The summed E-state index contributed by atoms with van der Waals surface area (Å²) in [4.78, 5) is 33.0. The molecule has 0 saturated carbocycles. The summed E-state index contributed by atoms with van der Waals surface area (Å²) < 4.78 is 4.52. The first-order chi connectivity index (χ1) is 7.49. The molecule has 0 bridgehead atoms. The van der Waals surface area contributed by atoms with Crippen LogP contribution >= 0.6 is 0 Å². The summed E-state index contributed by atoms with van der Waals surface area (Å²) in [5.74, 6) is -0.569. The molecular formula is C11H19NO4. The average molecular weight is 229 g/mol. The van der Waals surface area contributed by atoms with Gasteiger partial charge in [-0.1, -0.05) is 6.92 Å². The third-order valence-corrected chi connectivity index (χ3v) is 2.20. The maximum atomic E-state index is 11.4. The van der Waals surface area contributed by atoms with Gasteiger partial charge in [-0.15, -0.1) is 0 Å². The number of methoxy groups -OCH3 is 1. The zero-order valence-corrected chi connectivity index (χ0v) is 10.0. The van der Waals surface area contributed by atoms with Crippen LogP contribution in [0.4, 0.5) is 0 Å². The van der Waals surface area contributed by atoms with E-state index in [0.29, 0.717) is 6.42 Å². The second-order valence-electron chi connectivity index (χ2n) is 3.65. The minimum Gasteiger partial charge on any atom is -0.469 e. The first-order valence-corrected chi connectivity index (χ1v) is 5.35. The smallest absolute Gasteiger partial charge is 0.307 e. The lowest BCUT2D eigenvalue weighted by Gasteiger charge is -2.15. The van der Waals surface area contributed by atoms with Gasteiger partial charge >= 0.3 is 5.97 Å². The number of esters is 1. The monoisotopic (exact) mass is 229 g/mol. The maximum Gasteiger partial charge on any atom is 0.307 e. The maximum absolute atomic E-state index is 11.4. The predicted molar refractivity (Wildman–Crippen MR) is 58.8 cm³/mol. The van der Waals surface area contributed by atoms with Crippen molar-refractivity contribution in [3.8, 4) is 0 Å². The minimum atomic E-state index is -0.348. The second-order valence-corrected chi connectivity index (χ2v) is 3.65. The van der Waals surface area contributed by atoms with Crippen LogP contribution in [-0.2, 0) is 19.1 Å². The Bertz CT molecular complexity index is 263. The van der Waals surface area contributed by atoms with Gasteiger partial charge in [-0.25, -0.2) is 0 Å². The first kappa shape index (κ1) is 14.6. The van der Waals surface area contributed by atoms with Crippen molar-refractivity contribution < 1.29 is 19.1 Å². The van der Waals surface area contributed by atoms with Crippen molar-refractivity contribution in [1.29, 1.82) is 0 Å². The Labute approximate surface area is 95.5 Å². The zero-order chi connectivity index (χ0) is 12.6. The van der Waals surface area contributed by atoms with Crippen molar-refractivity contribution in [2.75, 3.05) is 7.11 Å². The molecule has 1 amide bonds. The molecule has 0 aromatic rings. The van der Waals surface area contributed by atoms with E-state index in [9.17, 15) is 14.4 Å². The average Bonchev–Trinajstić information content (AvgIpc) is 2.25. The fourth-order valence-electron chi connectivity index (χ4n) is 1.17. The number of carbonyl (C=O) groups excluding carboxylic acids is 3. The molecule has 16 heavy (non-hydrogen) atoms. The van der Waals surface area contributed by atoms with Crippen molar-refractivity contribution in [2.45, 2.75) is 45.6 Å². The first-order valence-electron chi connectivity index (χ1n) is 5.35. The summed E-state index contributed by atoms with van der Waals surface area (Å²) in [5, 5.41) is 2.70. The van der Waals surface area contributed by atoms with Crippen LogP contribution in [0, 0.1) is 0 Å².